The Morgan fingerprint density at radius 2 is 2.08 bits per heavy atom. The van der Waals surface area contributed by atoms with E-state index in [1.54, 1.807) is 0 Å². The van der Waals surface area contributed by atoms with E-state index >= 15 is 0 Å². The number of hydrogen-bond acceptors (Lipinski definition) is 2. The molecule has 3 N–H and O–H groups in total. The summed E-state index contributed by atoms with van der Waals surface area (Å²) in [6.45, 7) is 4.86. The molecule has 12 heavy (non-hydrogen) atoms. The number of aliphatic hydroxyl groups excluding tert-OH is 1. The molecular weight excluding hydrogens is 156 g/mol. The van der Waals surface area contributed by atoms with Gasteiger partial charge in [0, 0.05) is 13.1 Å². The molecule has 0 aliphatic carbocycles. The lowest BCUT2D eigenvalue weighted by atomic mass is 10.3. The normalized spacial score (nSPS) is 12.2. The minimum atomic E-state index is -0.433. The van der Waals surface area contributed by atoms with Gasteiger partial charge in [0.05, 0.1) is 6.10 Å². The highest BCUT2D eigenvalue weighted by Crippen LogP contribution is 1.85. The quantitative estimate of drug-likeness (QED) is 0.567. The molecule has 0 aromatic carbocycles. The molecule has 72 valence electrons. The third-order valence-electron chi connectivity index (χ3n) is 1.51. The van der Waals surface area contributed by atoms with E-state index in [9.17, 15) is 4.79 Å². The second kappa shape index (κ2) is 6.91. The van der Waals surface area contributed by atoms with E-state index in [0.717, 1.165) is 6.42 Å². The standard InChI is InChI=1S/C8H18N2O2/c1-3-5-9-8(12)10-6-7(11)4-2/h7,11H,3-6H2,1-2H3,(H2,9,10,12). The molecule has 0 radical (unpaired) electrons. The lowest BCUT2D eigenvalue weighted by molar-refractivity contribution is 0.166. The van der Waals surface area contributed by atoms with Crippen LogP contribution >= 0.6 is 0 Å². The topological polar surface area (TPSA) is 61.4 Å². The maximum atomic E-state index is 10.9. The third kappa shape index (κ3) is 5.97. The van der Waals surface area contributed by atoms with Gasteiger partial charge in [-0.05, 0) is 12.8 Å². The summed E-state index contributed by atoms with van der Waals surface area (Å²) in [4.78, 5) is 10.9. The number of carbonyl (C=O) groups is 1. The fourth-order valence-corrected chi connectivity index (χ4v) is 0.656. The molecule has 0 heterocycles. The molecule has 0 aromatic rings. The Kier molecular flexibility index (Phi) is 6.47. The molecule has 0 bridgehead atoms. The van der Waals surface area contributed by atoms with Gasteiger partial charge in [-0.15, -0.1) is 0 Å². The lowest BCUT2D eigenvalue weighted by Gasteiger charge is -2.09. The Balaban J connectivity index is 3.31. The summed E-state index contributed by atoms with van der Waals surface area (Å²) in [5.74, 6) is 0. The minimum Gasteiger partial charge on any atom is -0.391 e. The van der Waals surface area contributed by atoms with Gasteiger partial charge in [-0.2, -0.15) is 0 Å². The molecule has 0 aliphatic heterocycles. The fraction of sp³-hybridized carbons (Fsp3) is 0.875. The number of rotatable bonds is 5. The van der Waals surface area contributed by atoms with Crippen LogP contribution in [0.4, 0.5) is 4.79 Å². The van der Waals surface area contributed by atoms with Gasteiger partial charge in [-0.25, -0.2) is 4.79 Å². The van der Waals surface area contributed by atoms with Gasteiger partial charge in [0.25, 0.3) is 0 Å². The van der Waals surface area contributed by atoms with Crippen molar-refractivity contribution in [2.45, 2.75) is 32.8 Å². The van der Waals surface area contributed by atoms with Crippen molar-refractivity contribution in [2.24, 2.45) is 0 Å². The monoisotopic (exact) mass is 174 g/mol. The molecule has 0 fully saturated rings. The first-order chi connectivity index (χ1) is 5.70. The maximum Gasteiger partial charge on any atom is 0.314 e. The number of hydrogen-bond donors (Lipinski definition) is 3. The average Bonchev–Trinajstić information content (AvgIpc) is 2.10. The van der Waals surface area contributed by atoms with E-state index in [2.05, 4.69) is 10.6 Å². The molecule has 4 nitrogen and oxygen atoms in total. The van der Waals surface area contributed by atoms with Crippen molar-refractivity contribution >= 4 is 6.03 Å². The maximum absolute atomic E-state index is 10.9. The zero-order valence-electron chi connectivity index (χ0n) is 7.76. The molecular formula is C8H18N2O2. The van der Waals surface area contributed by atoms with Gasteiger partial charge in [0.1, 0.15) is 0 Å². The summed E-state index contributed by atoms with van der Waals surface area (Å²) in [5, 5.41) is 14.3. The number of urea groups is 1. The van der Waals surface area contributed by atoms with Crippen LogP contribution in [0.3, 0.4) is 0 Å². The van der Waals surface area contributed by atoms with Gasteiger partial charge >= 0.3 is 6.03 Å². The van der Waals surface area contributed by atoms with Crippen molar-refractivity contribution in [3.8, 4) is 0 Å². The summed E-state index contributed by atoms with van der Waals surface area (Å²) in [7, 11) is 0. The second-order valence-corrected chi connectivity index (χ2v) is 2.70. The Bertz CT molecular complexity index is 128. The van der Waals surface area contributed by atoms with Crippen LogP contribution in [0.2, 0.25) is 0 Å². The average molecular weight is 174 g/mol. The molecule has 0 spiro atoms. The molecule has 0 aliphatic rings. The van der Waals surface area contributed by atoms with E-state index in [1.165, 1.54) is 0 Å². The van der Waals surface area contributed by atoms with Gasteiger partial charge in [-0.1, -0.05) is 13.8 Å². The summed E-state index contributed by atoms with van der Waals surface area (Å²) in [6, 6.07) is -0.204. The number of nitrogens with one attached hydrogen (secondary N) is 2. The molecule has 2 amide bonds. The van der Waals surface area contributed by atoms with Crippen molar-refractivity contribution in [1.29, 1.82) is 0 Å². The van der Waals surface area contributed by atoms with E-state index in [0.29, 0.717) is 19.5 Å². The molecule has 0 rings (SSSR count). The van der Waals surface area contributed by atoms with E-state index in [1.807, 2.05) is 13.8 Å². The zero-order chi connectivity index (χ0) is 9.40. The van der Waals surface area contributed by atoms with E-state index < -0.39 is 6.10 Å². The summed E-state index contributed by atoms with van der Waals surface area (Å²) in [6.07, 6.45) is 1.15. The first-order valence-electron chi connectivity index (χ1n) is 4.40. The van der Waals surface area contributed by atoms with Crippen LogP contribution < -0.4 is 10.6 Å². The Morgan fingerprint density at radius 3 is 2.58 bits per heavy atom. The predicted molar refractivity (Wildman–Crippen MR) is 48.0 cm³/mol. The first-order valence-corrected chi connectivity index (χ1v) is 4.40. The fourth-order valence-electron chi connectivity index (χ4n) is 0.656. The van der Waals surface area contributed by atoms with Crippen LogP contribution in [0.1, 0.15) is 26.7 Å². The smallest absolute Gasteiger partial charge is 0.314 e. The highest BCUT2D eigenvalue weighted by molar-refractivity contribution is 5.73. The van der Waals surface area contributed by atoms with Crippen LogP contribution in [-0.4, -0.2) is 30.3 Å². The summed E-state index contributed by atoms with van der Waals surface area (Å²) >= 11 is 0. The van der Waals surface area contributed by atoms with Crippen molar-refractivity contribution < 1.29 is 9.90 Å². The highest BCUT2D eigenvalue weighted by Gasteiger charge is 2.02. The zero-order valence-corrected chi connectivity index (χ0v) is 7.76. The molecule has 1 unspecified atom stereocenters. The Morgan fingerprint density at radius 1 is 1.42 bits per heavy atom. The van der Waals surface area contributed by atoms with Crippen LogP contribution in [0, 0.1) is 0 Å². The summed E-state index contributed by atoms with van der Waals surface area (Å²) < 4.78 is 0. The molecule has 0 saturated heterocycles. The lowest BCUT2D eigenvalue weighted by Crippen LogP contribution is -2.39. The second-order valence-electron chi connectivity index (χ2n) is 2.70. The highest BCUT2D eigenvalue weighted by atomic mass is 16.3. The van der Waals surface area contributed by atoms with Crippen LogP contribution in [-0.2, 0) is 0 Å². The number of aliphatic hydroxyl groups is 1. The molecule has 4 heteroatoms. The third-order valence-corrected chi connectivity index (χ3v) is 1.51. The SMILES string of the molecule is CCCNC(=O)NCC(O)CC. The van der Waals surface area contributed by atoms with E-state index in [-0.39, 0.29) is 6.03 Å². The Labute approximate surface area is 73.3 Å². The summed E-state index contributed by atoms with van der Waals surface area (Å²) in [5.41, 5.74) is 0. The van der Waals surface area contributed by atoms with Crippen LogP contribution in [0.5, 0.6) is 0 Å². The van der Waals surface area contributed by atoms with Gasteiger partial charge in [-0.3, -0.25) is 0 Å². The van der Waals surface area contributed by atoms with Crippen molar-refractivity contribution in [2.75, 3.05) is 13.1 Å². The van der Waals surface area contributed by atoms with Crippen molar-refractivity contribution in [3.63, 3.8) is 0 Å². The minimum absolute atomic E-state index is 0.204. The van der Waals surface area contributed by atoms with E-state index in [4.69, 9.17) is 5.11 Å². The van der Waals surface area contributed by atoms with Crippen molar-refractivity contribution in [3.05, 3.63) is 0 Å². The Hall–Kier alpha value is -0.770. The largest absolute Gasteiger partial charge is 0.391 e. The first kappa shape index (κ1) is 11.2. The van der Waals surface area contributed by atoms with Crippen LogP contribution in [0.25, 0.3) is 0 Å². The molecule has 0 aromatic heterocycles. The van der Waals surface area contributed by atoms with Crippen LogP contribution in [0.15, 0.2) is 0 Å². The number of carbonyl (C=O) groups excluding carboxylic acids is 1. The number of amides is 2. The van der Waals surface area contributed by atoms with Gasteiger partial charge < -0.3 is 15.7 Å². The van der Waals surface area contributed by atoms with Crippen molar-refractivity contribution in [1.82, 2.24) is 10.6 Å². The molecule has 0 saturated carbocycles. The van der Waals surface area contributed by atoms with Gasteiger partial charge in [0.2, 0.25) is 0 Å². The molecule has 1 atom stereocenters. The predicted octanol–water partition coefficient (Wildman–Crippen LogP) is 0.466. The van der Waals surface area contributed by atoms with Gasteiger partial charge in [0.15, 0.2) is 0 Å².